The highest BCUT2D eigenvalue weighted by Crippen LogP contribution is 2.41. The molecule has 0 radical (unpaired) electrons. The van der Waals surface area contributed by atoms with Gasteiger partial charge in [0.2, 0.25) is 0 Å². The minimum atomic E-state index is -0.344. The van der Waals surface area contributed by atoms with Crippen molar-refractivity contribution in [2.45, 2.75) is 84.5 Å². The molecule has 6 heteroatoms. The smallest absolute Gasteiger partial charge is 0.254 e. The zero-order chi connectivity index (χ0) is 20.4. The van der Waals surface area contributed by atoms with Gasteiger partial charge in [-0.05, 0) is 67.4 Å². The van der Waals surface area contributed by atoms with Gasteiger partial charge in [0, 0.05) is 24.7 Å². The number of aryl methyl sites for hydroxylation is 1. The van der Waals surface area contributed by atoms with Crippen molar-refractivity contribution in [1.29, 1.82) is 0 Å². The van der Waals surface area contributed by atoms with Gasteiger partial charge in [-0.25, -0.2) is 9.67 Å². The first-order valence-corrected chi connectivity index (χ1v) is 10.3. The van der Waals surface area contributed by atoms with E-state index in [0.717, 1.165) is 40.8 Å². The lowest BCUT2D eigenvalue weighted by atomic mass is 10.0. The van der Waals surface area contributed by atoms with E-state index in [-0.39, 0.29) is 23.2 Å². The number of ether oxygens (including phenoxy) is 1. The zero-order valence-electron chi connectivity index (χ0n) is 18.2. The lowest BCUT2D eigenvalue weighted by Crippen LogP contribution is -2.53. The number of pyridine rings is 1. The third-order valence-corrected chi connectivity index (χ3v) is 5.55. The fourth-order valence-electron chi connectivity index (χ4n) is 4.31. The maximum atomic E-state index is 13.7. The van der Waals surface area contributed by atoms with E-state index in [0.29, 0.717) is 19.0 Å². The number of morpholine rings is 1. The van der Waals surface area contributed by atoms with E-state index in [9.17, 15) is 4.79 Å². The zero-order valence-corrected chi connectivity index (χ0v) is 18.2. The first-order chi connectivity index (χ1) is 13.0. The van der Waals surface area contributed by atoms with Crippen LogP contribution in [0.15, 0.2) is 6.07 Å². The molecule has 1 aliphatic heterocycles. The lowest BCUT2D eigenvalue weighted by Gasteiger charge is -2.41. The molecule has 2 aromatic rings. The summed E-state index contributed by atoms with van der Waals surface area (Å²) in [7, 11) is 0. The fourth-order valence-corrected chi connectivity index (χ4v) is 4.31. The summed E-state index contributed by atoms with van der Waals surface area (Å²) in [5.41, 5.74) is 2.93. The van der Waals surface area contributed by atoms with Crippen molar-refractivity contribution in [2.75, 3.05) is 13.1 Å². The second-order valence-corrected chi connectivity index (χ2v) is 10.1. The molecular weight excluding hydrogens is 352 g/mol. The maximum absolute atomic E-state index is 13.7. The third kappa shape index (κ3) is 3.43. The molecule has 1 unspecified atom stereocenters. The van der Waals surface area contributed by atoms with Crippen LogP contribution in [0, 0.1) is 6.92 Å². The number of carbonyl (C=O) groups excluding carboxylic acids is 1. The number of carbonyl (C=O) groups is 1. The summed E-state index contributed by atoms with van der Waals surface area (Å²) < 4.78 is 7.98. The molecule has 6 nitrogen and oxygen atoms in total. The number of hydrogen-bond donors (Lipinski definition) is 0. The Bertz CT molecular complexity index is 934. The summed E-state index contributed by atoms with van der Waals surface area (Å²) in [5, 5.41) is 5.66. The van der Waals surface area contributed by atoms with E-state index in [2.05, 4.69) is 20.8 Å². The van der Waals surface area contributed by atoms with Gasteiger partial charge >= 0.3 is 0 Å². The number of fused-ring (bicyclic) bond motifs is 1. The van der Waals surface area contributed by atoms with Gasteiger partial charge in [0.05, 0.1) is 33.9 Å². The van der Waals surface area contributed by atoms with Gasteiger partial charge in [0.15, 0.2) is 5.65 Å². The quantitative estimate of drug-likeness (QED) is 0.785. The molecule has 0 bridgehead atoms. The van der Waals surface area contributed by atoms with Crippen molar-refractivity contribution in [2.24, 2.45) is 0 Å². The van der Waals surface area contributed by atoms with Crippen molar-refractivity contribution >= 4 is 16.9 Å². The standard InChI is InChI=1S/C22H32N4O2/c1-13-11-25(12-22(6,7)28-13)20(27)16-10-17(15-8-9-15)23-19-18(16)14(2)24-26(19)21(3,4)5/h10,13,15H,8-9,11-12H2,1-7H3. The summed E-state index contributed by atoms with van der Waals surface area (Å²) in [5.74, 6) is 0.536. The molecule has 1 amide bonds. The van der Waals surface area contributed by atoms with Gasteiger partial charge in [-0.15, -0.1) is 0 Å². The van der Waals surface area contributed by atoms with Crippen LogP contribution in [0.4, 0.5) is 0 Å². The number of aromatic nitrogens is 3. The van der Waals surface area contributed by atoms with Crippen LogP contribution >= 0.6 is 0 Å². The molecule has 152 valence electrons. The second-order valence-electron chi connectivity index (χ2n) is 10.1. The summed E-state index contributed by atoms with van der Waals surface area (Å²) in [6.07, 6.45) is 2.32. The average molecular weight is 385 g/mol. The molecule has 1 atom stereocenters. The SMILES string of the molecule is Cc1nn(C(C)(C)C)c2nc(C3CC3)cc(C(=O)N3CC(C)OC(C)(C)C3)c12. The van der Waals surface area contributed by atoms with Crippen LogP contribution in [0.3, 0.4) is 0 Å². The average Bonchev–Trinajstić information content (AvgIpc) is 3.35. The fraction of sp³-hybridized carbons (Fsp3) is 0.682. The topological polar surface area (TPSA) is 60.2 Å². The number of hydrogen-bond acceptors (Lipinski definition) is 4. The molecule has 2 fully saturated rings. The highest BCUT2D eigenvalue weighted by molar-refractivity contribution is 6.06. The van der Waals surface area contributed by atoms with E-state index in [4.69, 9.17) is 14.8 Å². The molecule has 0 spiro atoms. The first-order valence-electron chi connectivity index (χ1n) is 10.3. The molecule has 2 aromatic heterocycles. The van der Waals surface area contributed by atoms with Crippen molar-refractivity contribution in [3.05, 3.63) is 23.0 Å². The Morgan fingerprint density at radius 3 is 2.54 bits per heavy atom. The summed E-state index contributed by atoms with van der Waals surface area (Å²) >= 11 is 0. The Labute approximate surface area is 167 Å². The van der Waals surface area contributed by atoms with Crippen molar-refractivity contribution in [3.63, 3.8) is 0 Å². The van der Waals surface area contributed by atoms with E-state index >= 15 is 0 Å². The molecule has 4 rings (SSSR count). The van der Waals surface area contributed by atoms with E-state index < -0.39 is 0 Å². The molecule has 1 saturated heterocycles. The largest absolute Gasteiger partial charge is 0.369 e. The molecule has 3 heterocycles. The van der Waals surface area contributed by atoms with Gasteiger partial charge in [-0.3, -0.25) is 4.79 Å². The van der Waals surface area contributed by atoms with Crippen LogP contribution < -0.4 is 0 Å². The Morgan fingerprint density at radius 2 is 1.96 bits per heavy atom. The minimum Gasteiger partial charge on any atom is -0.369 e. The number of rotatable bonds is 2. The van der Waals surface area contributed by atoms with Crippen molar-refractivity contribution in [1.82, 2.24) is 19.7 Å². The lowest BCUT2D eigenvalue weighted by molar-refractivity contribution is -0.118. The van der Waals surface area contributed by atoms with Crippen LogP contribution in [0.2, 0.25) is 0 Å². The second kappa shape index (κ2) is 6.28. The number of amides is 1. The number of nitrogens with zero attached hydrogens (tertiary/aromatic N) is 4. The van der Waals surface area contributed by atoms with Crippen LogP contribution in [0.5, 0.6) is 0 Å². The van der Waals surface area contributed by atoms with Gasteiger partial charge in [-0.2, -0.15) is 5.10 Å². The van der Waals surface area contributed by atoms with E-state index in [1.54, 1.807) is 0 Å². The monoisotopic (exact) mass is 384 g/mol. The first kappa shape index (κ1) is 19.4. The molecule has 1 saturated carbocycles. The van der Waals surface area contributed by atoms with Crippen LogP contribution in [0.25, 0.3) is 11.0 Å². The molecule has 1 aliphatic carbocycles. The normalized spacial score (nSPS) is 22.7. The van der Waals surface area contributed by atoms with Crippen LogP contribution in [0.1, 0.15) is 82.0 Å². The van der Waals surface area contributed by atoms with Gasteiger partial charge in [0.25, 0.3) is 5.91 Å². The van der Waals surface area contributed by atoms with Crippen molar-refractivity contribution < 1.29 is 9.53 Å². The third-order valence-electron chi connectivity index (χ3n) is 5.55. The summed E-state index contributed by atoms with van der Waals surface area (Å²) in [6.45, 7) is 15.7. The highest BCUT2D eigenvalue weighted by Gasteiger charge is 2.36. The van der Waals surface area contributed by atoms with Crippen molar-refractivity contribution in [3.8, 4) is 0 Å². The van der Waals surface area contributed by atoms with E-state index in [1.165, 1.54) is 0 Å². The Morgan fingerprint density at radius 1 is 1.29 bits per heavy atom. The predicted octanol–water partition coefficient (Wildman–Crippen LogP) is 4.01. The molecule has 2 aliphatic rings. The van der Waals surface area contributed by atoms with Gasteiger partial charge in [-0.1, -0.05) is 0 Å². The minimum absolute atomic E-state index is 0.0197. The van der Waals surface area contributed by atoms with Gasteiger partial charge in [0.1, 0.15) is 0 Å². The summed E-state index contributed by atoms with van der Waals surface area (Å²) in [4.78, 5) is 20.6. The molecule has 28 heavy (non-hydrogen) atoms. The van der Waals surface area contributed by atoms with Crippen LogP contribution in [-0.4, -0.2) is 50.4 Å². The molecular formula is C22H32N4O2. The van der Waals surface area contributed by atoms with Crippen LogP contribution in [-0.2, 0) is 10.3 Å². The Balaban J connectivity index is 1.86. The predicted molar refractivity (Wildman–Crippen MR) is 110 cm³/mol. The van der Waals surface area contributed by atoms with Gasteiger partial charge < -0.3 is 9.64 Å². The molecule has 0 aromatic carbocycles. The summed E-state index contributed by atoms with van der Waals surface area (Å²) in [6, 6.07) is 2.02. The Hall–Kier alpha value is -1.95. The molecule has 0 N–H and O–H groups in total. The van der Waals surface area contributed by atoms with E-state index in [1.807, 2.05) is 43.3 Å². The Kier molecular flexibility index (Phi) is 4.34. The highest BCUT2D eigenvalue weighted by atomic mass is 16.5. The maximum Gasteiger partial charge on any atom is 0.254 e.